The van der Waals surface area contributed by atoms with E-state index in [4.69, 9.17) is 5.11 Å². The van der Waals surface area contributed by atoms with E-state index in [1.807, 2.05) is 13.8 Å². The van der Waals surface area contributed by atoms with Crippen LogP contribution in [0.5, 0.6) is 0 Å². The SMILES string of the molecule is CC(C(=O)O)C(C)N1CCC2CCC(C1)N2. The van der Waals surface area contributed by atoms with Gasteiger partial charge in [0.2, 0.25) is 0 Å². The van der Waals surface area contributed by atoms with Crippen LogP contribution < -0.4 is 5.32 Å². The van der Waals surface area contributed by atoms with Gasteiger partial charge in [-0.1, -0.05) is 6.92 Å². The Bertz CT molecular complexity index is 270. The highest BCUT2D eigenvalue weighted by atomic mass is 16.4. The molecule has 4 heteroatoms. The largest absolute Gasteiger partial charge is 0.481 e. The van der Waals surface area contributed by atoms with E-state index in [1.54, 1.807) is 0 Å². The number of likely N-dealkylation sites (tertiary alicyclic amines) is 1. The lowest BCUT2D eigenvalue weighted by Gasteiger charge is -2.32. The standard InChI is InChI=1S/C12H22N2O2/c1-8(12(15)16)9(2)14-6-5-10-3-4-11(7-14)13-10/h8-11,13H,3-7H2,1-2H3,(H,15,16). The molecule has 2 heterocycles. The fraction of sp³-hybridized carbons (Fsp3) is 0.917. The highest BCUT2D eigenvalue weighted by molar-refractivity contribution is 5.70. The van der Waals surface area contributed by atoms with Crippen LogP contribution in [0, 0.1) is 5.92 Å². The molecule has 4 atom stereocenters. The zero-order valence-electron chi connectivity index (χ0n) is 10.1. The lowest BCUT2D eigenvalue weighted by atomic mass is 10.00. The quantitative estimate of drug-likeness (QED) is 0.751. The van der Waals surface area contributed by atoms with Crippen LogP contribution in [0.3, 0.4) is 0 Å². The predicted octanol–water partition coefficient (Wildman–Crippen LogP) is 0.922. The maximum atomic E-state index is 11.0. The van der Waals surface area contributed by atoms with Crippen molar-refractivity contribution in [1.29, 1.82) is 0 Å². The number of hydrogen-bond acceptors (Lipinski definition) is 3. The topological polar surface area (TPSA) is 52.6 Å². The second-order valence-electron chi connectivity index (χ2n) is 5.29. The molecule has 4 unspecified atom stereocenters. The van der Waals surface area contributed by atoms with Gasteiger partial charge in [0.15, 0.2) is 0 Å². The molecular formula is C12H22N2O2. The summed E-state index contributed by atoms with van der Waals surface area (Å²) in [5.74, 6) is -0.966. The molecule has 2 aliphatic heterocycles. The summed E-state index contributed by atoms with van der Waals surface area (Å²) >= 11 is 0. The number of carboxylic acid groups (broad SMARTS) is 1. The molecule has 0 radical (unpaired) electrons. The van der Waals surface area contributed by atoms with Gasteiger partial charge in [0.05, 0.1) is 5.92 Å². The van der Waals surface area contributed by atoms with Gasteiger partial charge >= 0.3 is 5.97 Å². The van der Waals surface area contributed by atoms with Crippen LogP contribution in [0.25, 0.3) is 0 Å². The fourth-order valence-corrected chi connectivity index (χ4v) is 2.86. The molecule has 2 bridgehead atoms. The van der Waals surface area contributed by atoms with Crippen molar-refractivity contribution in [2.24, 2.45) is 5.92 Å². The summed E-state index contributed by atoms with van der Waals surface area (Å²) in [7, 11) is 0. The molecule has 0 amide bonds. The molecule has 0 aromatic carbocycles. The lowest BCUT2D eigenvalue weighted by molar-refractivity contribution is -0.143. The summed E-state index contributed by atoms with van der Waals surface area (Å²) in [4.78, 5) is 13.3. The Hall–Kier alpha value is -0.610. The number of rotatable bonds is 3. The lowest BCUT2D eigenvalue weighted by Crippen LogP contribution is -2.44. The Kier molecular flexibility index (Phi) is 3.50. The van der Waals surface area contributed by atoms with Crippen LogP contribution in [0.15, 0.2) is 0 Å². The molecule has 2 fully saturated rings. The average molecular weight is 226 g/mol. The molecule has 2 N–H and O–H groups in total. The molecule has 2 aliphatic rings. The summed E-state index contributed by atoms with van der Waals surface area (Å²) in [6, 6.07) is 1.39. The van der Waals surface area contributed by atoms with Crippen molar-refractivity contribution in [3.05, 3.63) is 0 Å². The van der Waals surface area contributed by atoms with E-state index in [-0.39, 0.29) is 12.0 Å². The zero-order chi connectivity index (χ0) is 11.7. The number of fused-ring (bicyclic) bond motifs is 2. The first-order valence-electron chi connectivity index (χ1n) is 6.31. The highest BCUT2D eigenvalue weighted by Crippen LogP contribution is 2.23. The Morgan fingerprint density at radius 3 is 2.69 bits per heavy atom. The van der Waals surface area contributed by atoms with Crippen molar-refractivity contribution in [2.75, 3.05) is 13.1 Å². The predicted molar refractivity (Wildman–Crippen MR) is 62.4 cm³/mol. The van der Waals surface area contributed by atoms with E-state index in [0.29, 0.717) is 12.1 Å². The molecule has 4 nitrogen and oxygen atoms in total. The third-order valence-electron chi connectivity index (χ3n) is 4.24. The summed E-state index contributed by atoms with van der Waals surface area (Å²) in [6.45, 7) is 5.89. The molecule has 2 rings (SSSR count). The van der Waals surface area contributed by atoms with Crippen LogP contribution >= 0.6 is 0 Å². The number of carbonyl (C=O) groups is 1. The van der Waals surface area contributed by atoms with E-state index in [9.17, 15) is 4.79 Å². The number of nitrogens with zero attached hydrogens (tertiary/aromatic N) is 1. The Morgan fingerprint density at radius 1 is 1.31 bits per heavy atom. The van der Waals surface area contributed by atoms with Gasteiger partial charge in [-0.3, -0.25) is 9.69 Å². The van der Waals surface area contributed by atoms with Crippen LogP contribution in [0.1, 0.15) is 33.1 Å². The van der Waals surface area contributed by atoms with E-state index >= 15 is 0 Å². The van der Waals surface area contributed by atoms with Gasteiger partial charge in [0, 0.05) is 24.7 Å². The Balaban J connectivity index is 1.96. The molecule has 0 aromatic rings. The number of hydrogen-bond donors (Lipinski definition) is 2. The maximum absolute atomic E-state index is 11.0. The molecule has 92 valence electrons. The van der Waals surface area contributed by atoms with E-state index in [1.165, 1.54) is 12.8 Å². The maximum Gasteiger partial charge on any atom is 0.307 e. The van der Waals surface area contributed by atoms with Crippen molar-refractivity contribution >= 4 is 5.97 Å². The molecule has 0 aromatic heterocycles. The smallest absolute Gasteiger partial charge is 0.307 e. The van der Waals surface area contributed by atoms with E-state index in [2.05, 4.69) is 10.2 Å². The zero-order valence-corrected chi connectivity index (χ0v) is 10.1. The highest BCUT2D eigenvalue weighted by Gasteiger charge is 2.33. The van der Waals surface area contributed by atoms with E-state index < -0.39 is 5.97 Å². The molecule has 16 heavy (non-hydrogen) atoms. The second-order valence-corrected chi connectivity index (χ2v) is 5.29. The minimum Gasteiger partial charge on any atom is -0.481 e. The molecular weight excluding hydrogens is 204 g/mol. The van der Waals surface area contributed by atoms with Gasteiger partial charge in [-0.2, -0.15) is 0 Å². The average Bonchev–Trinajstić information content (AvgIpc) is 2.56. The van der Waals surface area contributed by atoms with Crippen LogP contribution in [0.4, 0.5) is 0 Å². The fourth-order valence-electron chi connectivity index (χ4n) is 2.86. The van der Waals surface area contributed by atoms with Gasteiger partial charge in [-0.25, -0.2) is 0 Å². The Labute approximate surface area is 97.0 Å². The number of carboxylic acids is 1. The van der Waals surface area contributed by atoms with Crippen molar-refractivity contribution in [1.82, 2.24) is 10.2 Å². The van der Waals surface area contributed by atoms with Gasteiger partial charge in [-0.15, -0.1) is 0 Å². The first-order valence-corrected chi connectivity index (χ1v) is 6.31. The van der Waals surface area contributed by atoms with E-state index in [0.717, 1.165) is 19.5 Å². The van der Waals surface area contributed by atoms with Gasteiger partial charge < -0.3 is 10.4 Å². The first-order chi connectivity index (χ1) is 7.58. The molecule has 0 spiro atoms. The van der Waals surface area contributed by atoms with Gasteiger partial charge in [0.1, 0.15) is 0 Å². The normalized spacial score (nSPS) is 34.4. The Morgan fingerprint density at radius 2 is 2.00 bits per heavy atom. The molecule has 2 saturated heterocycles. The number of nitrogens with one attached hydrogen (secondary N) is 1. The minimum atomic E-state index is -0.685. The van der Waals surface area contributed by atoms with Crippen LogP contribution in [0.2, 0.25) is 0 Å². The summed E-state index contributed by atoms with van der Waals surface area (Å²) < 4.78 is 0. The van der Waals surface area contributed by atoms with Gasteiger partial charge in [0.25, 0.3) is 0 Å². The monoisotopic (exact) mass is 226 g/mol. The van der Waals surface area contributed by atoms with Crippen molar-refractivity contribution in [3.8, 4) is 0 Å². The van der Waals surface area contributed by atoms with Crippen molar-refractivity contribution in [3.63, 3.8) is 0 Å². The first kappa shape index (κ1) is 11.9. The van der Waals surface area contributed by atoms with Gasteiger partial charge in [-0.05, 0) is 32.7 Å². The van der Waals surface area contributed by atoms with Crippen LogP contribution in [-0.2, 0) is 4.79 Å². The van der Waals surface area contributed by atoms with Crippen molar-refractivity contribution in [2.45, 2.75) is 51.2 Å². The third kappa shape index (κ3) is 2.38. The second kappa shape index (κ2) is 4.72. The van der Waals surface area contributed by atoms with Crippen LogP contribution in [-0.4, -0.2) is 47.2 Å². The third-order valence-corrected chi connectivity index (χ3v) is 4.24. The summed E-state index contributed by atoms with van der Waals surface area (Å²) in [5, 5.41) is 12.7. The minimum absolute atomic E-state index is 0.138. The number of aliphatic carboxylic acids is 1. The summed E-state index contributed by atoms with van der Waals surface area (Å²) in [5.41, 5.74) is 0. The van der Waals surface area contributed by atoms with Crippen molar-refractivity contribution < 1.29 is 9.90 Å². The molecule has 0 aliphatic carbocycles. The summed E-state index contributed by atoms with van der Waals surface area (Å²) in [6.07, 6.45) is 3.70. The molecule has 0 saturated carbocycles.